The predicted octanol–water partition coefficient (Wildman–Crippen LogP) is 3.96. The summed E-state index contributed by atoms with van der Waals surface area (Å²) in [6, 6.07) is 9.72. The molecule has 1 aliphatic rings. The fraction of sp³-hybridized carbons (Fsp3) is 0.625. The highest BCUT2D eigenvalue weighted by molar-refractivity contribution is 9.10. The molecular weight excluding hydrogens is 300 g/mol. The van der Waals surface area contributed by atoms with Gasteiger partial charge in [0.05, 0.1) is 0 Å². The van der Waals surface area contributed by atoms with Crippen molar-refractivity contribution in [1.82, 2.24) is 4.90 Å². The van der Waals surface area contributed by atoms with Gasteiger partial charge in [-0.1, -0.05) is 35.0 Å². The third kappa shape index (κ3) is 3.59. The van der Waals surface area contributed by atoms with E-state index in [-0.39, 0.29) is 6.04 Å². The molecule has 0 spiro atoms. The van der Waals surface area contributed by atoms with Crippen LogP contribution in [-0.2, 0) is 0 Å². The second-order valence-corrected chi connectivity index (χ2v) is 7.00. The van der Waals surface area contributed by atoms with Crippen molar-refractivity contribution in [2.75, 3.05) is 6.54 Å². The van der Waals surface area contributed by atoms with Crippen molar-refractivity contribution in [2.24, 2.45) is 11.7 Å². The van der Waals surface area contributed by atoms with Gasteiger partial charge >= 0.3 is 0 Å². The molecule has 0 radical (unpaired) electrons. The molecule has 1 fully saturated rings. The Hall–Kier alpha value is -0.380. The maximum atomic E-state index is 6.29. The molecular formula is C16H25BrN2. The van der Waals surface area contributed by atoms with E-state index in [4.69, 9.17) is 5.73 Å². The van der Waals surface area contributed by atoms with Gasteiger partial charge in [-0.3, -0.25) is 4.90 Å². The summed E-state index contributed by atoms with van der Waals surface area (Å²) < 4.78 is 1.12. The van der Waals surface area contributed by atoms with Crippen LogP contribution in [0.15, 0.2) is 28.7 Å². The molecule has 0 aliphatic carbocycles. The van der Waals surface area contributed by atoms with Crippen LogP contribution in [0.4, 0.5) is 0 Å². The van der Waals surface area contributed by atoms with Crippen molar-refractivity contribution in [3.8, 4) is 0 Å². The van der Waals surface area contributed by atoms with Crippen molar-refractivity contribution >= 4 is 15.9 Å². The Morgan fingerprint density at radius 3 is 2.42 bits per heavy atom. The summed E-state index contributed by atoms with van der Waals surface area (Å²) >= 11 is 3.50. The van der Waals surface area contributed by atoms with Crippen LogP contribution in [0, 0.1) is 5.92 Å². The summed E-state index contributed by atoms with van der Waals surface area (Å²) in [5.74, 6) is 0.771. The molecule has 3 heteroatoms. The van der Waals surface area contributed by atoms with Crippen molar-refractivity contribution in [3.63, 3.8) is 0 Å². The molecule has 1 aliphatic heterocycles. The third-order valence-electron chi connectivity index (χ3n) is 4.23. The van der Waals surface area contributed by atoms with Crippen LogP contribution < -0.4 is 5.73 Å². The Bertz CT molecular complexity index is 402. The van der Waals surface area contributed by atoms with Gasteiger partial charge in [0.2, 0.25) is 0 Å². The third-order valence-corrected chi connectivity index (χ3v) is 4.76. The molecule has 1 heterocycles. The van der Waals surface area contributed by atoms with Crippen molar-refractivity contribution in [3.05, 3.63) is 34.3 Å². The minimum Gasteiger partial charge on any atom is -0.326 e. The first-order chi connectivity index (χ1) is 8.99. The van der Waals surface area contributed by atoms with Crippen molar-refractivity contribution in [2.45, 2.75) is 51.7 Å². The van der Waals surface area contributed by atoms with E-state index < -0.39 is 0 Å². The van der Waals surface area contributed by atoms with Crippen molar-refractivity contribution in [1.29, 1.82) is 0 Å². The van der Waals surface area contributed by atoms with E-state index in [2.05, 4.69) is 65.9 Å². The zero-order valence-electron chi connectivity index (χ0n) is 12.1. The maximum Gasteiger partial charge on any atom is 0.0499 e. The molecule has 2 rings (SSSR count). The standard InChI is InChI=1S/C16H25BrN2/c1-11-4-5-12(2)19(10-11)16(13(3)18)14-6-8-15(17)9-7-14/h6-9,11-13,16H,4-5,10,18H2,1-3H3. The number of halogens is 1. The summed E-state index contributed by atoms with van der Waals surface area (Å²) in [6.07, 6.45) is 2.62. The van der Waals surface area contributed by atoms with E-state index in [0.717, 1.165) is 16.9 Å². The quantitative estimate of drug-likeness (QED) is 0.911. The number of piperidine rings is 1. The lowest BCUT2D eigenvalue weighted by Crippen LogP contribution is -2.48. The number of benzene rings is 1. The van der Waals surface area contributed by atoms with Crippen LogP contribution in [-0.4, -0.2) is 23.5 Å². The molecule has 0 amide bonds. The predicted molar refractivity (Wildman–Crippen MR) is 85.1 cm³/mol. The van der Waals surface area contributed by atoms with Crippen LogP contribution in [0.5, 0.6) is 0 Å². The fourth-order valence-corrected chi connectivity index (χ4v) is 3.43. The van der Waals surface area contributed by atoms with Gasteiger partial charge < -0.3 is 5.73 Å². The van der Waals surface area contributed by atoms with Crippen molar-refractivity contribution < 1.29 is 0 Å². The van der Waals surface area contributed by atoms with Gasteiger partial charge in [-0.05, 0) is 50.3 Å². The second kappa shape index (κ2) is 6.38. The number of nitrogens with zero attached hydrogens (tertiary/aromatic N) is 1. The first-order valence-corrected chi connectivity index (χ1v) is 8.05. The Balaban J connectivity index is 2.26. The number of nitrogens with two attached hydrogens (primary N) is 1. The SMILES string of the molecule is CC1CCC(C)N(C(c2ccc(Br)cc2)C(C)N)C1. The first kappa shape index (κ1) is 15.0. The Kier molecular flexibility index (Phi) is 5.04. The fourth-order valence-electron chi connectivity index (χ4n) is 3.17. The summed E-state index contributed by atoms with van der Waals surface area (Å²) in [5, 5.41) is 0. The van der Waals surface area contributed by atoms with E-state index in [1.54, 1.807) is 0 Å². The van der Waals surface area contributed by atoms with E-state index in [0.29, 0.717) is 12.1 Å². The Morgan fingerprint density at radius 2 is 1.84 bits per heavy atom. The van der Waals surface area contributed by atoms with E-state index in [1.165, 1.54) is 18.4 Å². The largest absolute Gasteiger partial charge is 0.326 e. The summed E-state index contributed by atoms with van der Waals surface area (Å²) in [4.78, 5) is 2.60. The molecule has 4 unspecified atom stereocenters. The smallest absolute Gasteiger partial charge is 0.0499 e. The first-order valence-electron chi connectivity index (χ1n) is 7.26. The molecule has 19 heavy (non-hydrogen) atoms. The molecule has 4 atom stereocenters. The number of hydrogen-bond acceptors (Lipinski definition) is 2. The maximum absolute atomic E-state index is 6.29. The van der Waals surface area contributed by atoms with E-state index in [9.17, 15) is 0 Å². The van der Waals surface area contributed by atoms with Crippen LogP contribution >= 0.6 is 15.9 Å². The molecule has 0 bridgehead atoms. The lowest BCUT2D eigenvalue weighted by molar-refractivity contribution is 0.0660. The number of likely N-dealkylation sites (tertiary alicyclic amines) is 1. The monoisotopic (exact) mass is 324 g/mol. The molecule has 1 saturated heterocycles. The van der Waals surface area contributed by atoms with Gasteiger partial charge in [-0.25, -0.2) is 0 Å². The van der Waals surface area contributed by atoms with Crippen LogP contribution in [0.1, 0.15) is 45.2 Å². The second-order valence-electron chi connectivity index (χ2n) is 6.08. The molecule has 2 nitrogen and oxygen atoms in total. The lowest BCUT2D eigenvalue weighted by Gasteiger charge is -2.44. The van der Waals surface area contributed by atoms with Gasteiger partial charge in [-0.2, -0.15) is 0 Å². The normalized spacial score (nSPS) is 28.1. The number of rotatable bonds is 3. The van der Waals surface area contributed by atoms with Gasteiger partial charge in [-0.15, -0.1) is 0 Å². The Morgan fingerprint density at radius 1 is 1.21 bits per heavy atom. The minimum atomic E-state index is 0.147. The van der Waals surface area contributed by atoms with Gasteiger partial charge in [0.15, 0.2) is 0 Å². The number of hydrogen-bond donors (Lipinski definition) is 1. The zero-order chi connectivity index (χ0) is 14.0. The lowest BCUT2D eigenvalue weighted by atomic mass is 9.89. The molecule has 1 aromatic rings. The van der Waals surface area contributed by atoms with Gasteiger partial charge in [0, 0.05) is 29.1 Å². The Labute approximate surface area is 125 Å². The average molecular weight is 325 g/mol. The molecule has 106 valence electrons. The summed E-state index contributed by atoms with van der Waals surface area (Å²) in [5.41, 5.74) is 7.62. The summed E-state index contributed by atoms with van der Waals surface area (Å²) in [7, 11) is 0. The molecule has 2 N–H and O–H groups in total. The topological polar surface area (TPSA) is 29.3 Å². The van der Waals surface area contributed by atoms with Crippen LogP contribution in [0.3, 0.4) is 0 Å². The highest BCUT2D eigenvalue weighted by Crippen LogP contribution is 2.32. The van der Waals surface area contributed by atoms with Crippen LogP contribution in [0.25, 0.3) is 0 Å². The van der Waals surface area contributed by atoms with E-state index in [1.807, 2.05) is 0 Å². The van der Waals surface area contributed by atoms with Crippen LogP contribution in [0.2, 0.25) is 0 Å². The highest BCUT2D eigenvalue weighted by Gasteiger charge is 2.31. The molecule has 0 aromatic heterocycles. The average Bonchev–Trinajstić information content (AvgIpc) is 2.36. The van der Waals surface area contributed by atoms with Gasteiger partial charge in [0.1, 0.15) is 0 Å². The zero-order valence-corrected chi connectivity index (χ0v) is 13.7. The highest BCUT2D eigenvalue weighted by atomic mass is 79.9. The summed E-state index contributed by atoms with van der Waals surface area (Å²) in [6.45, 7) is 7.96. The minimum absolute atomic E-state index is 0.147. The van der Waals surface area contributed by atoms with Gasteiger partial charge in [0.25, 0.3) is 0 Å². The molecule has 1 aromatic carbocycles. The van der Waals surface area contributed by atoms with E-state index >= 15 is 0 Å². The molecule has 0 saturated carbocycles.